The van der Waals surface area contributed by atoms with Gasteiger partial charge in [0, 0.05) is 22.3 Å². The van der Waals surface area contributed by atoms with Crippen LogP contribution in [-0.4, -0.2) is 4.98 Å². The number of anilines is 1. The highest BCUT2D eigenvalue weighted by molar-refractivity contribution is 6.45. The van der Waals surface area contributed by atoms with Gasteiger partial charge in [-0.2, -0.15) is 13.2 Å². The fraction of sp³-hybridized carbons (Fsp3) is 0.0833. The van der Waals surface area contributed by atoms with E-state index >= 15 is 0 Å². The number of hydrogen-bond acceptors (Lipinski definition) is 2. The minimum absolute atomic E-state index is 0.0224. The lowest BCUT2D eigenvalue weighted by atomic mass is 10.0. The molecule has 0 atom stereocenters. The van der Waals surface area contributed by atoms with Crippen LogP contribution in [0.1, 0.15) is 5.56 Å². The summed E-state index contributed by atoms with van der Waals surface area (Å²) in [7, 11) is 0. The summed E-state index contributed by atoms with van der Waals surface area (Å²) < 4.78 is 38.1. The van der Waals surface area contributed by atoms with Gasteiger partial charge in [0.2, 0.25) is 0 Å². The van der Waals surface area contributed by atoms with Crippen LogP contribution in [0, 0.1) is 0 Å². The summed E-state index contributed by atoms with van der Waals surface area (Å²) in [6, 6.07) is 3.62. The molecule has 0 bridgehead atoms. The third-order valence-electron chi connectivity index (χ3n) is 2.53. The Balaban J connectivity index is 2.70. The molecule has 0 unspecified atom stereocenters. The second-order valence-corrected chi connectivity index (χ2v) is 5.13. The number of hydrogen-bond donors (Lipinski definition) is 1. The summed E-state index contributed by atoms with van der Waals surface area (Å²) in [6.07, 6.45) is -3.89. The van der Waals surface area contributed by atoms with Crippen LogP contribution < -0.4 is 5.73 Å². The van der Waals surface area contributed by atoms with Crippen LogP contribution in [0.25, 0.3) is 11.1 Å². The predicted octanol–water partition coefficient (Wildman–Crippen LogP) is 5.31. The van der Waals surface area contributed by atoms with Gasteiger partial charge in [0.25, 0.3) is 0 Å². The van der Waals surface area contributed by atoms with Gasteiger partial charge in [0.05, 0.1) is 15.6 Å². The Morgan fingerprint density at radius 1 is 1.00 bits per heavy atom. The fourth-order valence-electron chi connectivity index (χ4n) is 1.60. The molecule has 2 rings (SSSR count). The first-order valence-corrected chi connectivity index (χ1v) is 6.31. The van der Waals surface area contributed by atoms with Gasteiger partial charge < -0.3 is 5.73 Å². The van der Waals surface area contributed by atoms with Crippen molar-refractivity contribution in [3.63, 3.8) is 0 Å². The molecule has 0 amide bonds. The Hall–Kier alpha value is -1.17. The molecule has 8 heteroatoms. The van der Waals surface area contributed by atoms with Crippen LogP contribution in [0.4, 0.5) is 19.0 Å². The third kappa shape index (κ3) is 2.95. The number of alkyl halides is 3. The molecule has 0 spiro atoms. The highest BCUT2D eigenvalue weighted by Crippen LogP contribution is 2.40. The molecule has 106 valence electrons. The Kier molecular flexibility index (Phi) is 4.04. The number of benzene rings is 1. The van der Waals surface area contributed by atoms with Gasteiger partial charge in [0.1, 0.15) is 5.82 Å². The van der Waals surface area contributed by atoms with Gasteiger partial charge in [-0.3, -0.25) is 0 Å². The predicted molar refractivity (Wildman–Crippen MR) is 74.1 cm³/mol. The van der Waals surface area contributed by atoms with Gasteiger partial charge in [-0.1, -0.05) is 34.8 Å². The van der Waals surface area contributed by atoms with E-state index in [-0.39, 0.29) is 32.0 Å². The van der Waals surface area contributed by atoms with Crippen molar-refractivity contribution in [2.45, 2.75) is 6.18 Å². The van der Waals surface area contributed by atoms with Crippen LogP contribution in [0.15, 0.2) is 24.4 Å². The van der Waals surface area contributed by atoms with Crippen molar-refractivity contribution >= 4 is 40.6 Å². The molecule has 1 heterocycles. The van der Waals surface area contributed by atoms with Crippen LogP contribution in [0.3, 0.4) is 0 Å². The molecule has 1 aromatic heterocycles. The van der Waals surface area contributed by atoms with Crippen molar-refractivity contribution in [2.75, 3.05) is 5.73 Å². The maximum Gasteiger partial charge on any atom is 0.417 e. The average Bonchev–Trinajstić information content (AvgIpc) is 2.33. The Morgan fingerprint density at radius 2 is 1.65 bits per heavy atom. The van der Waals surface area contributed by atoms with Gasteiger partial charge in [-0.15, -0.1) is 0 Å². The quantitative estimate of drug-likeness (QED) is 0.714. The number of pyridine rings is 1. The van der Waals surface area contributed by atoms with E-state index in [1.54, 1.807) is 0 Å². The lowest BCUT2D eigenvalue weighted by molar-refractivity contribution is -0.137. The van der Waals surface area contributed by atoms with Gasteiger partial charge in [-0.05, 0) is 18.2 Å². The van der Waals surface area contributed by atoms with Crippen LogP contribution in [0.2, 0.25) is 15.1 Å². The topological polar surface area (TPSA) is 38.9 Å². The van der Waals surface area contributed by atoms with Gasteiger partial charge >= 0.3 is 6.18 Å². The molecular weight excluding hydrogens is 335 g/mol. The van der Waals surface area contributed by atoms with Crippen molar-refractivity contribution in [1.82, 2.24) is 4.98 Å². The summed E-state index contributed by atoms with van der Waals surface area (Å²) in [4.78, 5) is 3.54. The zero-order valence-corrected chi connectivity index (χ0v) is 11.9. The van der Waals surface area contributed by atoms with Crippen LogP contribution in [0.5, 0.6) is 0 Å². The second kappa shape index (κ2) is 5.31. The smallest absolute Gasteiger partial charge is 0.383 e. The molecule has 0 saturated heterocycles. The lowest BCUT2D eigenvalue weighted by Crippen LogP contribution is -2.07. The van der Waals surface area contributed by atoms with E-state index in [1.807, 2.05) is 0 Å². The summed E-state index contributed by atoms with van der Waals surface area (Å²) in [6.45, 7) is 0. The van der Waals surface area contributed by atoms with Crippen LogP contribution in [-0.2, 0) is 6.18 Å². The maximum atomic E-state index is 12.7. The molecule has 20 heavy (non-hydrogen) atoms. The van der Waals surface area contributed by atoms with Crippen molar-refractivity contribution in [3.8, 4) is 11.1 Å². The Labute approximate surface area is 127 Å². The molecule has 2 nitrogen and oxygen atoms in total. The summed E-state index contributed by atoms with van der Waals surface area (Å²) >= 11 is 17.7. The normalized spacial score (nSPS) is 11.7. The lowest BCUT2D eigenvalue weighted by Gasteiger charge is -2.12. The Morgan fingerprint density at radius 3 is 2.25 bits per heavy atom. The molecule has 0 aliphatic heterocycles. The largest absolute Gasteiger partial charge is 0.417 e. The Bertz CT molecular complexity index is 672. The highest BCUT2D eigenvalue weighted by atomic mass is 35.5. The second-order valence-electron chi connectivity index (χ2n) is 3.90. The molecule has 0 fully saturated rings. The number of halogens is 6. The van der Waals surface area contributed by atoms with E-state index in [0.29, 0.717) is 6.20 Å². The zero-order valence-electron chi connectivity index (χ0n) is 9.60. The average molecular weight is 342 g/mol. The number of nitrogens with two attached hydrogens (primary N) is 1. The van der Waals surface area contributed by atoms with E-state index < -0.39 is 11.7 Å². The summed E-state index contributed by atoms with van der Waals surface area (Å²) in [5, 5.41) is 0.404. The molecule has 2 N–H and O–H groups in total. The van der Waals surface area contributed by atoms with E-state index in [4.69, 9.17) is 40.5 Å². The number of rotatable bonds is 1. The minimum atomic E-state index is -4.54. The van der Waals surface area contributed by atoms with Crippen molar-refractivity contribution in [1.29, 1.82) is 0 Å². The molecule has 0 radical (unpaired) electrons. The highest BCUT2D eigenvalue weighted by Gasteiger charge is 2.32. The first kappa shape index (κ1) is 15.2. The number of nitrogens with zero attached hydrogens (tertiary/aromatic N) is 1. The monoisotopic (exact) mass is 340 g/mol. The van der Waals surface area contributed by atoms with E-state index in [0.717, 1.165) is 6.07 Å². The SMILES string of the molecule is Nc1ncc(C(F)(F)F)cc1-c1cc(Cl)cc(Cl)c1Cl. The fourth-order valence-corrected chi connectivity index (χ4v) is 2.30. The van der Waals surface area contributed by atoms with Gasteiger partial charge in [0.15, 0.2) is 0 Å². The van der Waals surface area contributed by atoms with Crippen LogP contribution >= 0.6 is 34.8 Å². The number of aromatic nitrogens is 1. The van der Waals surface area contributed by atoms with Crippen molar-refractivity contribution in [3.05, 3.63) is 45.0 Å². The molecule has 0 aliphatic carbocycles. The van der Waals surface area contributed by atoms with E-state index in [1.165, 1.54) is 12.1 Å². The first-order chi connectivity index (χ1) is 9.20. The zero-order chi connectivity index (χ0) is 15.1. The molecule has 0 aliphatic rings. The van der Waals surface area contributed by atoms with Crippen molar-refractivity contribution in [2.24, 2.45) is 0 Å². The molecule has 1 aromatic carbocycles. The van der Waals surface area contributed by atoms with E-state index in [2.05, 4.69) is 4.98 Å². The number of nitrogen functional groups attached to an aromatic ring is 1. The van der Waals surface area contributed by atoms with Crippen molar-refractivity contribution < 1.29 is 13.2 Å². The summed E-state index contributed by atoms with van der Waals surface area (Å²) in [5.74, 6) is -0.0989. The standard InChI is InChI=1S/C12H6Cl3F3N2/c13-6-2-7(10(15)9(14)3-6)8-1-5(12(16,17)18)4-20-11(8)19/h1-4H,(H2,19,20). The van der Waals surface area contributed by atoms with E-state index in [9.17, 15) is 13.2 Å². The van der Waals surface area contributed by atoms with Gasteiger partial charge in [-0.25, -0.2) is 4.98 Å². The molecular formula is C12H6Cl3F3N2. The molecule has 2 aromatic rings. The maximum absolute atomic E-state index is 12.7. The minimum Gasteiger partial charge on any atom is -0.383 e. The molecule has 0 saturated carbocycles. The first-order valence-electron chi connectivity index (χ1n) is 5.18. The summed E-state index contributed by atoms with van der Waals surface area (Å²) in [5.41, 5.74) is 4.89. The third-order valence-corrected chi connectivity index (χ3v) is 3.55.